The van der Waals surface area contributed by atoms with Crippen molar-refractivity contribution in [1.82, 2.24) is 9.80 Å². The first kappa shape index (κ1) is 15.3. The smallest absolute Gasteiger partial charge is 0.119 e. The van der Waals surface area contributed by atoms with E-state index in [-0.39, 0.29) is 0 Å². The Morgan fingerprint density at radius 3 is 2.20 bits per heavy atom. The molecule has 20 heavy (non-hydrogen) atoms. The summed E-state index contributed by atoms with van der Waals surface area (Å²) >= 11 is 0. The summed E-state index contributed by atoms with van der Waals surface area (Å²) in [5.41, 5.74) is 0. The minimum Gasteiger partial charge on any atom is -0.492 e. The van der Waals surface area contributed by atoms with Gasteiger partial charge in [0.15, 0.2) is 0 Å². The number of unbranched alkanes of at least 4 members (excludes halogenated alkanes) is 2. The Labute approximate surface area is 123 Å². The summed E-state index contributed by atoms with van der Waals surface area (Å²) in [6, 6.07) is 10.1. The van der Waals surface area contributed by atoms with Gasteiger partial charge in [-0.2, -0.15) is 0 Å². The van der Waals surface area contributed by atoms with E-state index in [0.717, 1.165) is 18.9 Å². The molecule has 3 heteroatoms. The molecule has 0 N–H and O–H groups in total. The van der Waals surface area contributed by atoms with Crippen LogP contribution < -0.4 is 4.74 Å². The highest BCUT2D eigenvalue weighted by atomic mass is 16.5. The molecule has 0 aliphatic carbocycles. The third-order valence-corrected chi connectivity index (χ3v) is 3.96. The van der Waals surface area contributed by atoms with Crippen LogP contribution in [0.3, 0.4) is 0 Å². The number of para-hydroxylation sites is 1. The third kappa shape index (κ3) is 5.51. The van der Waals surface area contributed by atoms with E-state index in [4.69, 9.17) is 4.74 Å². The maximum atomic E-state index is 5.76. The van der Waals surface area contributed by atoms with Crippen LogP contribution in [-0.2, 0) is 0 Å². The Balaban J connectivity index is 1.55. The van der Waals surface area contributed by atoms with Gasteiger partial charge in [-0.25, -0.2) is 0 Å². The number of piperazine rings is 1. The zero-order valence-corrected chi connectivity index (χ0v) is 12.8. The van der Waals surface area contributed by atoms with Crippen molar-refractivity contribution < 1.29 is 4.74 Å². The second-order valence-corrected chi connectivity index (χ2v) is 5.55. The van der Waals surface area contributed by atoms with Crippen molar-refractivity contribution in [3.8, 4) is 5.75 Å². The van der Waals surface area contributed by atoms with Crippen molar-refractivity contribution in [2.45, 2.75) is 26.2 Å². The van der Waals surface area contributed by atoms with Crippen LogP contribution in [0, 0.1) is 0 Å². The molecular formula is C17H28N2O. The van der Waals surface area contributed by atoms with E-state index in [2.05, 4.69) is 16.7 Å². The second kappa shape index (κ2) is 8.98. The molecule has 0 bridgehead atoms. The molecule has 3 nitrogen and oxygen atoms in total. The van der Waals surface area contributed by atoms with Gasteiger partial charge in [-0.1, -0.05) is 38.0 Å². The number of ether oxygens (including phenoxy) is 1. The van der Waals surface area contributed by atoms with Crippen LogP contribution in [0.5, 0.6) is 5.75 Å². The predicted octanol–water partition coefficient (Wildman–Crippen LogP) is 2.87. The molecule has 0 spiro atoms. The van der Waals surface area contributed by atoms with E-state index < -0.39 is 0 Å². The molecule has 1 aromatic rings. The van der Waals surface area contributed by atoms with Gasteiger partial charge in [-0.3, -0.25) is 4.90 Å². The Bertz CT molecular complexity index is 347. The van der Waals surface area contributed by atoms with Gasteiger partial charge in [-0.05, 0) is 25.1 Å². The van der Waals surface area contributed by atoms with Gasteiger partial charge in [0, 0.05) is 32.7 Å². The van der Waals surface area contributed by atoms with Gasteiger partial charge < -0.3 is 9.64 Å². The van der Waals surface area contributed by atoms with Crippen LogP contribution in [0.25, 0.3) is 0 Å². The Morgan fingerprint density at radius 1 is 0.900 bits per heavy atom. The Kier molecular flexibility index (Phi) is 6.89. The van der Waals surface area contributed by atoms with Crippen LogP contribution in [0.1, 0.15) is 26.2 Å². The summed E-state index contributed by atoms with van der Waals surface area (Å²) in [6.45, 7) is 10.2. The highest BCUT2D eigenvalue weighted by molar-refractivity contribution is 5.20. The lowest BCUT2D eigenvalue weighted by Crippen LogP contribution is -2.47. The first-order valence-electron chi connectivity index (χ1n) is 8.01. The number of hydrogen-bond donors (Lipinski definition) is 0. The van der Waals surface area contributed by atoms with Crippen molar-refractivity contribution >= 4 is 0 Å². The van der Waals surface area contributed by atoms with Crippen LogP contribution >= 0.6 is 0 Å². The van der Waals surface area contributed by atoms with Crippen molar-refractivity contribution in [3.63, 3.8) is 0 Å². The molecule has 1 aliphatic rings. The van der Waals surface area contributed by atoms with Gasteiger partial charge in [0.1, 0.15) is 12.4 Å². The quantitative estimate of drug-likeness (QED) is 0.679. The fourth-order valence-corrected chi connectivity index (χ4v) is 2.63. The van der Waals surface area contributed by atoms with Crippen molar-refractivity contribution in [2.24, 2.45) is 0 Å². The van der Waals surface area contributed by atoms with Gasteiger partial charge in [0.2, 0.25) is 0 Å². The lowest BCUT2D eigenvalue weighted by molar-refractivity contribution is 0.115. The van der Waals surface area contributed by atoms with Crippen molar-refractivity contribution in [2.75, 3.05) is 45.9 Å². The molecule has 0 atom stereocenters. The highest BCUT2D eigenvalue weighted by Gasteiger charge is 2.15. The fourth-order valence-electron chi connectivity index (χ4n) is 2.63. The lowest BCUT2D eigenvalue weighted by Gasteiger charge is -2.34. The zero-order chi connectivity index (χ0) is 14.0. The molecule has 0 aromatic heterocycles. The van der Waals surface area contributed by atoms with E-state index in [1.54, 1.807) is 0 Å². The highest BCUT2D eigenvalue weighted by Crippen LogP contribution is 2.09. The summed E-state index contributed by atoms with van der Waals surface area (Å²) in [7, 11) is 0. The van der Waals surface area contributed by atoms with Gasteiger partial charge in [0.25, 0.3) is 0 Å². The standard InChI is InChI=1S/C17H28N2O/c1-2-3-7-10-18-11-13-19(14-12-18)15-16-20-17-8-5-4-6-9-17/h4-6,8-9H,2-3,7,10-16H2,1H3. The van der Waals surface area contributed by atoms with Crippen molar-refractivity contribution in [3.05, 3.63) is 30.3 Å². The summed E-state index contributed by atoms with van der Waals surface area (Å²) < 4.78 is 5.76. The molecule has 0 radical (unpaired) electrons. The molecule has 1 aliphatic heterocycles. The SMILES string of the molecule is CCCCCN1CCN(CCOc2ccccc2)CC1. The Morgan fingerprint density at radius 2 is 1.55 bits per heavy atom. The maximum absolute atomic E-state index is 5.76. The van der Waals surface area contributed by atoms with E-state index in [1.165, 1.54) is 52.0 Å². The second-order valence-electron chi connectivity index (χ2n) is 5.55. The minimum atomic E-state index is 0.792. The van der Waals surface area contributed by atoms with Gasteiger partial charge in [0.05, 0.1) is 0 Å². The minimum absolute atomic E-state index is 0.792. The molecule has 0 amide bonds. The number of hydrogen-bond acceptors (Lipinski definition) is 3. The summed E-state index contributed by atoms with van der Waals surface area (Å²) in [4.78, 5) is 5.11. The normalized spacial score (nSPS) is 17.2. The van der Waals surface area contributed by atoms with E-state index >= 15 is 0 Å². The van der Waals surface area contributed by atoms with Gasteiger partial charge in [-0.15, -0.1) is 0 Å². The molecule has 0 unspecified atom stereocenters. The predicted molar refractivity (Wildman–Crippen MR) is 84.3 cm³/mol. The summed E-state index contributed by atoms with van der Waals surface area (Å²) in [5, 5.41) is 0. The van der Waals surface area contributed by atoms with E-state index in [0.29, 0.717) is 0 Å². The first-order chi connectivity index (χ1) is 9.88. The summed E-state index contributed by atoms with van der Waals surface area (Å²) in [5.74, 6) is 0.978. The molecule has 1 saturated heterocycles. The number of rotatable bonds is 8. The molecule has 0 saturated carbocycles. The molecular weight excluding hydrogens is 248 g/mol. The molecule has 2 rings (SSSR count). The van der Waals surface area contributed by atoms with Crippen LogP contribution in [0.2, 0.25) is 0 Å². The summed E-state index contributed by atoms with van der Waals surface area (Å²) in [6.07, 6.45) is 4.04. The van der Waals surface area contributed by atoms with Crippen molar-refractivity contribution in [1.29, 1.82) is 0 Å². The molecule has 1 heterocycles. The van der Waals surface area contributed by atoms with E-state index in [1.807, 2.05) is 30.3 Å². The number of nitrogens with zero attached hydrogens (tertiary/aromatic N) is 2. The molecule has 1 aromatic carbocycles. The molecule has 112 valence electrons. The average molecular weight is 276 g/mol. The van der Waals surface area contributed by atoms with Crippen LogP contribution in [0.4, 0.5) is 0 Å². The van der Waals surface area contributed by atoms with Crippen LogP contribution in [-0.4, -0.2) is 55.7 Å². The Hall–Kier alpha value is -1.06. The van der Waals surface area contributed by atoms with E-state index in [9.17, 15) is 0 Å². The average Bonchev–Trinajstić information content (AvgIpc) is 2.50. The largest absolute Gasteiger partial charge is 0.492 e. The van der Waals surface area contributed by atoms with Crippen LogP contribution in [0.15, 0.2) is 30.3 Å². The zero-order valence-electron chi connectivity index (χ0n) is 12.8. The topological polar surface area (TPSA) is 15.7 Å². The van der Waals surface area contributed by atoms with Gasteiger partial charge >= 0.3 is 0 Å². The fraction of sp³-hybridized carbons (Fsp3) is 0.647. The monoisotopic (exact) mass is 276 g/mol. The maximum Gasteiger partial charge on any atom is 0.119 e. The first-order valence-corrected chi connectivity index (χ1v) is 8.01. The lowest BCUT2D eigenvalue weighted by atomic mass is 10.2. The third-order valence-electron chi connectivity index (χ3n) is 3.96. The number of benzene rings is 1. The molecule has 1 fully saturated rings.